The van der Waals surface area contributed by atoms with Crippen LogP contribution >= 0.6 is 0 Å². The van der Waals surface area contributed by atoms with Crippen molar-refractivity contribution in [1.82, 2.24) is 0 Å². The van der Waals surface area contributed by atoms with E-state index in [9.17, 15) is 9.90 Å². The number of hydrogen-bond donors (Lipinski definition) is 1. The molecule has 3 heteroatoms. The highest BCUT2D eigenvalue weighted by Gasteiger charge is 2.07. The van der Waals surface area contributed by atoms with Gasteiger partial charge in [-0.15, -0.1) is 0 Å². The Labute approximate surface area is 106 Å². The van der Waals surface area contributed by atoms with Gasteiger partial charge in [-0.3, -0.25) is 4.79 Å². The lowest BCUT2D eigenvalue weighted by atomic mass is 10.0. The van der Waals surface area contributed by atoms with Gasteiger partial charge in [0.2, 0.25) is 0 Å². The molecule has 0 radical (unpaired) electrons. The number of methoxy groups -OCH3 is 1. The molecule has 3 nitrogen and oxygen atoms in total. The van der Waals surface area contributed by atoms with Crippen LogP contribution in [0.15, 0.2) is 0 Å². The standard InChI is InChI=1S/C14H28O3/c1-3-4-5-6-7-8-9-10-13(15)11-12-14(16)17-2/h13,15H,3-12H2,1-2H3. The van der Waals surface area contributed by atoms with E-state index in [1.807, 2.05) is 0 Å². The molecular weight excluding hydrogens is 216 g/mol. The van der Waals surface area contributed by atoms with Crippen molar-refractivity contribution in [1.29, 1.82) is 0 Å². The van der Waals surface area contributed by atoms with E-state index >= 15 is 0 Å². The molecule has 0 aliphatic carbocycles. The van der Waals surface area contributed by atoms with Crippen LogP contribution < -0.4 is 0 Å². The van der Waals surface area contributed by atoms with Crippen molar-refractivity contribution < 1.29 is 14.6 Å². The van der Waals surface area contributed by atoms with Crippen LogP contribution in [0.1, 0.15) is 71.1 Å². The van der Waals surface area contributed by atoms with Gasteiger partial charge in [0.1, 0.15) is 0 Å². The van der Waals surface area contributed by atoms with E-state index in [4.69, 9.17) is 0 Å². The lowest BCUT2D eigenvalue weighted by Gasteiger charge is -2.09. The van der Waals surface area contributed by atoms with E-state index in [0.717, 1.165) is 12.8 Å². The lowest BCUT2D eigenvalue weighted by Crippen LogP contribution is -2.10. The number of ether oxygens (including phenoxy) is 1. The summed E-state index contributed by atoms with van der Waals surface area (Å²) in [6.45, 7) is 2.22. The number of carbonyl (C=O) groups is 1. The monoisotopic (exact) mass is 244 g/mol. The van der Waals surface area contributed by atoms with Crippen LogP contribution in [0.2, 0.25) is 0 Å². The minimum absolute atomic E-state index is 0.233. The third kappa shape index (κ3) is 11.7. The third-order valence-electron chi connectivity index (χ3n) is 3.05. The van der Waals surface area contributed by atoms with Gasteiger partial charge in [-0.1, -0.05) is 51.9 Å². The zero-order valence-electron chi connectivity index (χ0n) is 11.4. The molecule has 0 amide bonds. The number of rotatable bonds is 11. The van der Waals surface area contributed by atoms with Gasteiger partial charge in [-0.25, -0.2) is 0 Å². The van der Waals surface area contributed by atoms with Crippen molar-refractivity contribution in [2.45, 2.75) is 77.2 Å². The fraction of sp³-hybridized carbons (Fsp3) is 0.929. The maximum absolute atomic E-state index is 10.9. The summed E-state index contributed by atoms with van der Waals surface area (Å²) < 4.78 is 4.53. The summed E-state index contributed by atoms with van der Waals surface area (Å²) in [6, 6.07) is 0. The third-order valence-corrected chi connectivity index (χ3v) is 3.05. The summed E-state index contributed by atoms with van der Waals surface area (Å²) in [5.41, 5.74) is 0. The zero-order valence-corrected chi connectivity index (χ0v) is 11.4. The van der Waals surface area contributed by atoms with Crippen molar-refractivity contribution in [3.63, 3.8) is 0 Å². The Hall–Kier alpha value is -0.570. The smallest absolute Gasteiger partial charge is 0.305 e. The molecule has 0 saturated carbocycles. The number of aliphatic hydroxyl groups excluding tert-OH is 1. The highest BCUT2D eigenvalue weighted by atomic mass is 16.5. The first-order valence-electron chi connectivity index (χ1n) is 6.95. The summed E-state index contributed by atoms with van der Waals surface area (Å²) in [7, 11) is 1.38. The highest BCUT2D eigenvalue weighted by Crippen LogP contribution is 2.12. The molecule has 1 atom stereocenters. The van der Waals surface area contributed by atoms with Crippen molar-refractivity contribution in [3.8, 4) is 0 Å². The highest BCUT2D eigenvalue weighted by molar-refractivity contribution is 5.69. The minimum Gasteiger partial charge on any atom is -0.469 e. The summed E-state index contributed by atoms with van der Waals surface area (Å²) in [5.74, 6) is -0.233. The van der Waals surface area contributed by atoms with E-state index in [-0.39, 0.29) is 12.1 Å². The first-order valence-corrected chi connectivity index (χ1v) is 6.95. The summed E-state index contributed by atoms with van der Waals surface area (Å²) in [4.78, 5) is 10.9. The van der Waals surface area contributed by atoms with Gasteiger partial charge in [0.25, 0.3) is 0 Å². The van der Waals surface area contributed by atoms with E-state index in [0.29, 0.717) is 12.8 Å². The Balaban J connectivity index is 3.21. The lowest BCUT2D eigenvalue weighted by molar-refractivity contribution is -0.141. The molecule has 0 fully saturated rings. The molecule has 1 unspecified atom stereocenters. The molecule has 0 aromatic rings. The predicted octanol–water partition coefficient (Wildman–Crippen LogP) is 3.44. The second kappa shape index (κ2) is 11.9. The summed E-state index contributed by atoms with van der Waals surface area (Å²) in [5, 5.41) is 9.63. The molecule has 17 heavy (non-hydrogen) atoms. The van der Waals surface area contributed by atoms with Gasteiger partial charge in [-0.2, -0.15) is 0 Å². The average Bonchev–Trinajstić information content (AvgIpc) is 2.34. The van der Waals surface area contributed by atoms with E-state index < -0.39 is 0 Å². The Morgan fingerprint density at radius 3 is 2.24 bits per heavy atom. The molecule has 0 aromatic heterocycles. The first-order chi connectivity index (χ1) is 8.20. The quantitative estimate of drug-likeness (QED) is 0.447. The van der Waals surface area contributed by atoms with Gasteiger partial charge in [-0.05, 0) is 12.8 Å². The van der Waals surface area contributed by atoms with Gasteiger partial charge in [0, 0.05) is 6.42 Å². The van der Waals surface area contributed by atoms with Crippen LogP contribution in [0.25, 0.3) is 0 Å². The van der Waals surface area contributed by atoms with Gasteiger partial charge in [0.05, 0.1) is 13.2 Å². The van der Waals surface area contributed by atoms with Crippen LogP contribution in [0, 0.1) is 0 Å². The van der Waals surface area contributed by atoms with Gasteiger partial charge >= 0.3 is 5.97 Å². The summed E-state index contributed by atoms with van der Waals surface area (Å²) >= 11 is 0. The summed E-state index contributed by atoms with van der Waals surface area (Å²) in [6.07, 6.45) is 10.1. The van der Waals surface area contributed by atoms with E-state index in [1.54, 1.807) is 0 Å². The van der Waals surface area contributed by atoms with Crippen molar-refractivity contribution in [2.24, 2.45) is 0 Å². The van der Waals surface area contributed by atoms with Crippen molar-refractivity contribution in [2.75, 3.05) is 7.11 Å². The topological polar surface area (TPSA) is 46.5 Å². The molecule has 0 aliphatic rings. The fourth-order valence-electron chi connectivity index (χ4n) is 1.87. The SMILES string of the molecule is CCCCCCCCCC(O)CCC(=O)OC. The van der Waals surface area contributed by atoms with E-state index in [1.165, 1.54) is 45.6 Å². The molecule has 0 aromatic carbocycles. The van der Waals surface area contributed by atoms with E-state index in [2.05, 4.69) is 11.7 Å². The molecule has 0 spiro atoms. The molecule has 0 aliphatic heterocycles. The number of unbranched alkanes of at least 4 members (excludes halogenated alkanes) is 6. The molecule has 0 bridgehead atoms. The van der Waals surface area contributed by atoms with Crippen LogP contribution in [0.5, 0.6) is 0 Å². The Morgan fingerprint density at radius 1 is 1.06 bits per heavy atom. The molecule has 1 N–H and O–H groups in total. The number of aliphatic hydroxyl groups is 1. The molecule has 0 rings (SSSR count). The Morgan fingerprint density at radius 2 is 1.65 bits per heavy atom. The minimum atomic E-state index is -0.343. The van der Waals surface area contributed by atoms with Crippen molar-refractivity contribution in [3.05, 3.63) is 0 Å². The van der Waals surface area contributed by atoms with Crippen LogP contribution in [0.3, 0.4) is 0 Å². The Kier molecular flexibility index (Phi) is 11.5. The van der Waals surface area contributed by atoms with Crippen LogP contribution in [0.4, 0.5) is 0 Å². The average molecular weight is 244 g/mol. The second-order valence-electron chi connectivity index (χ2n) is 4.68. The molecule has 0 saturated heterocycles. The second-order valence-corrected chi connectivity index (χ2v) is 4.68. The number of esters is 1. The maximum Gasteiger partial charge on any atom is 0.305 e. The molecule has 102 valence electrons. The zero-order chi connectivity index (χ0) is 12.9. The maximum atomic E-state index is 10.9. The van der Waals surface area contributed by atoms with Crippen LogP contribution in [-0.2, 0) is 9.53 Å². The normalized spacial score (nSPS) is 12.4. The Bertz CT molecular complexity index is 180. The largest absolute Gasteiger partial charge is 0.469 e. The molecular formula is C14H28O3. The fourth-order valence-corrected chi connectivity index (χ4v) is 1.87. The molecule has 0 heterocycles. The van der Waals surface area contributed by atoms with Gasteiger partial charge in [0.15, 0.2) is 0 Å². The predicted molar refractivity (Wildman–Crippen MR) is 69.9 cm³/mol. The number of hydrogen-bond acceptors (Lipinski definition) is 3. The first kappa shape index (κ1) is 16.4. The van der Waals surface area contributed by atoms with Crippen LogP contribution in [-0.4, -0.2) is 24.3 Å². The van der Waals surface area contributed by atoms with Gasteiger partial charge < -0.3 is 9.84 Å². The van der Waals surface area contributed by atoms with Crippen molar-refractivity contribution >= 4 is 5.97 Å². The number of carbonyl (C=O) groups excluding carboxylic acids is 1.